The molecule has 0 saturated heterocycles. The monoisotopic (exact) mass is 274 g/mol. The number of aliphatic carboxylic acids is 1. The minimum absolute atomic E-state index is 0.0312. The molecule has 1 rings (SSSR count). The highest BCUT2D eigenvalue weighted by atomic mass is 32.2. The molecule has 0 amide bonds. The molecule has 0 aliphatic carbocycles. The molecule has 0 unspecified atom stereocenters. The third kappa shape index (κ3) is 4.30. The third-order valence-corrected chi connectivity index (χ3v) is 3.39. The molecule has 0 bridgehead atoms. The van der Waals surface area contributed by atoms with Gasteiger partial charge >= 0.3 is 5.97 Å². The topological polar surface area (TPSA) is 106 Å². The van der Waals surface area contributed by atoms with E-state index in [9.17, 15) is 13.2 Å². The average molecular weight is 274 g/mol. The molecule has 0 aromatic carbocycles. The molecule has 1 heterocycles. The largest absolute Gasteiger partial charge is 0.481 e. The van der Waals surface area contributed by atoms with Crippen LogP contribution in [0.5, 0.6) is 5.88 Å². The van der Waals surface area contributed by atoms with Crippen molar-refractivity contribution in [2.24, 2.45) is 0 Å². The van der Waals surface area contributed by atoms with E-state index in [-0.39, 0.29) is 17.9 Å². The van der Waals surface area contributed by atoms with Crippen LogP contribution in [0, 0.1) is 0 Å². The summed E-state index contributed by atoms with van der Waals surface area (Å²) in [6.07, 6.45) is 0.887. The molecule has 0 saturated carbocycles. The lowest BCUT2D eigenvalue weighted by Crippen LogP contribution is -2.26. The normalized spacial score (nSPS) is 11.2. The minimum Gasteiger partial charge on any atom is -0.481 e. The van der Waals surface area contributed by atoms with Gasteiger partial charge in [-0.15, -0.1) is 0 Å². The van der Waals surface area contributed by atoms with Crippen LogP contribution in [0.25, 0.3) is 0 Å². The Morgan fingerprint density at radius 3 is 2.72 bits per heavy atom. The van der Waals surface area contributed by atoms with Gasteiger partial charge in [-0.1, -0.05) is 0 Å². The smallest absolute Gasteiger partial charge is 0.304 e. The van der Waals surface area contributed by atoms with Gasteiger partial charge in [-0.25, -0.2) is 18.1 Å². The maximum absolute atomic E-state index is 11.7. The van der Waals surface area contributed by atoms with E-state index in [0.717, 1.165) is 6.20 Å². The number of carboxylic acid groups (broad SMARTS) is 1. The molecule has 18 heavy (non-hydrogen) atoms. The van der Waals surface area contributed by atoms with E-state index < -0.39 is 16.0 Å². The Morgan fingerprint density at radius 2 is 2.22 bits per heavy atom. The molecular formula is C10H14N2O5S. The fourth-order valence-electron chi connectivity index (χ4n) is 1.13. The number of hydrogen-bond donors (Lipinski definition) is 2. The zero-order valence-corrected chi connectivity index (χ0v) is 10.6. The highest BCUT2D eigenvalue weighted by Crippen LogP contribution is 2.11. The van der Waals surface area contributed by atoms with E-state index in [1.807, 2.05) is 0 Å². The molecule has 100 valence electrons. The Balaban J connectivity index is 2.69. The second kappa shape index (κ2) is 6.31. The molecular weight excluding hydrogens is 260 g/mol. The van der Waals surface area contributed by atoms with Crippen LogP contribution >= 0.6 is 0 Å². The molecule has 1 aromatic heterocycles. The second-order valence-corrected chi connectivity index (χ2v) is 5.07. The van der Waals surface area contributed by atoms with Crippen LogP contribution in [0.15, 0.2) is 23.2 Å². The van der Waals surface area contributed by atoms with Crippen LogP contribution < -0.4 is 9.46 Å². The van der Waals surface area contributed by atoms with E-state index in [2.05, 4.69) is 9.71 Å². The summed E-state index contributed by atoms with van der Waals surface area (Å²) in [5, 5.41) is 8.41. The number of carboxylic acids is 1. The number of hydrogen-bond acceptors (Lipinski definition) is 5. The number of rotatable bonds is 7. The number of ether oxygens (including phenoxy) is 1. The first-order valence-corrected chi connectivity index (χ1v) is 6.74. The van der Waals surface area contributed by atoms with Gasteiger partial charge in [-0.05, 0) is 13.0 Å². The van der Waals surface area contributed by atoms with Crippen LogP contribution in [0.3, 0.4) is 0 Å². The summed E-state index contributed by atoms with van der Waals surface area (Å²) in [5.41, 5.74) is 0. The van der Waals surface area contributed by atoms with Crippen molar-refractivity contribution >= 4 is 16.0 Å². The zero-order chi connectivity index (χ0) is 13.6. The van der Waals surface area contributed by atoms with Gasteiger partial charge < -0.3 is 9.84 Å². The van der Waals surface area contributed by atoms with Gasteiger partial charge in [-0.2, -0.15) is 0 Å². The Labute approximate surface area is 105 Å². The lowest BCUT2D eigenvalue weighted by molar-refractivity contribution is -0.136. The number of carbonyl (C=O) groups is 1. The van der Waals surface area contributed by atoms with Crippen molar-refractivity contribution in [3.05, 3.63) is 18.3 Å². The van der Waals surface area contributed by atoms with Crippen molar-refractivity contribution in [1.29, 1.82) is 0 Å². The molecule has 8 heteroatoms. The van der Waals surface area contributed by atoms with Gasteiger partial charge in [0.15, 0.2) is 0 Å². The molecule has 1 aromatic rings. The highest BCUT2D eigenvalue weighted by Gasteiger charge is 2.14. The lowest BCUT2D eigenvalue weighted by atomic mass is 10.5. The van der Waals surface area contributed by atoms with Crippen molar-refractivity contribution in [1.82, 2.24) is 9.71 Å². The van der Waals surface area contributed by atoms with Gasteiger partial charge in [0, 0.05) is 12.6 Å². The summed E-state index contributed by atoms with van der Waals surface area (Å²) >= 11 is 0. The van der Waals surface area contributed by atoms with E-state index >= 15 is 0 Å². The maximum atomic E-state index is 11.7. The molecule has 0 atom stereocenters. The number of pyridine rings is 1. The molecule has 0 fully saturated rings. The van der Waals surface area contributed by atoms with E-state index in [0.29, 0.717) is 12.5 Å². The summed E-state index contributed by atoms with van der Waals surface area (Å²) in [6.45, 7) is 2.07. The lowest BCUT2D eigenvalue weighted by Gasteiger charge is -2.06. The Hall–Kier alpha value is -1.67. The summed E-state index contributed by atoms with van der Waals surface area (Å²) in [5.74, 6) is -0.732. The van der Waals surface area contributed by atoms with Crippen molar-refractivity contribution in [3.8, 4) is 5.88 Å². The van der Waals surface area contributed by atoms with Gasteiger partial charge in [0.1, 0.15) is 4.90 Å². The summed E-state index contributed by atoms with van der Waals surface area (Å²) in [6, 6.07) is 2.79. The SMILES string of the molecule is CCOc1ccc(S(=O)(=O)NCCC(=O)O)cn1. The minimum atomic E-state index is -3.72. The van der Waals surface area contributed by atoms with E-state index in [1.165, 1.54) is 12.1 Å². The van der Waals surface area contributed by atoms with E-state index in [1.54, 1.807) is 6.92 Å². The third-order valence-electron chi connectivity index (χ3n) is 1.94. The predicted octanol–water partition coefficient (Wildman–Crippen LogP) is 0.233. The number of aromatic nitrogens is 1. The van der Waals surface area contributed by atoms with Crippen LogP contribution in [0.1, 0.15) is 13.3 Å². The maximum Gasteiger partial charge on any atom is 0.304 e. The zero-order valence-electron chi connectivity index (χ0n) is 9.79. The number of nitrogens with one attached hydrogen (secondary N) is 1. The van der Waals surface area contributed by atoms with Crippen molar-refractivity contribution in [3.63, 3.8) is 0 Å². The number of nitrogens with zero attached hydrogens (tertiary/aromatic N) is 1. The second-order valence-electron chi connectivity index (χ2n) is 3.31. The fourth-order valence-corrected chi connectivity index (χ4v) is 2.11. The van der Waals surface area contributed by atoms with Gasteiger partial charge in [-0.3, -0.25) is 4.79 Å². The molecule has 0 aliphatic heterocycles. The van der Waals surface area contributed by atoms with Crippen LogP contribution in [-0.2, 0) is 14.8 Å². The highest BCUT2D eigenvalue weighted by molar-refractivity contribution is 7.89. The number of sulfonamides is 1. The first kappa shape index (κ1) is 14.4. The molecule has 7 nitrogen and oxygen atoms in total. The first-order valence-electron chi connectivity index (χ1n) is 5.26. The Morgan fingerprint density at radius 1 is 1.50 bits per heavy atom. The predicted molar refractivity (Wildman–Crippen MR) is 62.8 cm³/mol. The summed E-state index contributed by atoms with van der Waals surface area (Å²) in [4.78, 5) is 14.1. The van der Waals surface area contributed by atoms with Crippen molar-refractivity contribution in [2.45, 2.75) is 18.2 Å². The molecule has 0 radical (unpaired) electrons. The molecule has 0 aliphatic rings. The fraction of sp³-hybridized carbons (Fsp3) is 0.400. The molecule has 2 N–H and O–H groups in total. The van der Waals surface area contributed by atoms with Crippen molar-refractivity contribution < 1.29 is 23.1 Å². The summed E-state index contributed by atoms with van der Waals surface area (Å²) < 4.78 is 30.6. The van der Waals surface area contributed by atoms with E-state index in [4.69, 9.17) is 9.84 Å². The van der Waals surface area contributed by atoms with Crippen molar-refractivity contribution in [2.75, 3.05) is 13.2 Å². The Bertz CT molecular complexity index is 498. The van der Waals surface area contributed by atoms with Crippen LogP contribution in [0.4, 0.5) is 0 Å². The van der Waals surface area contributed by atoms with Crippen LogP contribution in [0.2, 0.25) is 0 Å². The Kier molecular flexibility index (Phi) is 5.05. The van der Waals surface area contributed by atoms with Crippen LogP contribution in [-0.4, -0.2) is 37.6 Å². The first-order chi connectivity index (χ1) is 8.45. The van der Waals surface area contributed by atoms with Gasteiger partial charge in [0.25, 0.3) is 0 Å². The quantitative estimate of drug-likeness (QED) is 0.737. The van der Waals surface area contributed by atoms with Gasteiger partial charge in [0.05, 0.1) is 19.2 Å². The summed E-state index contributed by atoms with van der Waals surface area (Å²) in [7, 11) is -3.72. The van der Waals surface area contributed by atoms with Gasteiger partial charge in [0.2, 0.25) is 15.9 Å². The average Bonchev–Trinajstić information content (AvgIpc) is 2.29. The standard InChI is InChI=1S/C10H14N2O5S/c1-2-17-9-4-3-8(7-11-9)18(15,16)12-6-5-10(13)14/h3-4,7,12H,2,5-6H2,1H3,(H,13,14). The molecule has 0 spiro atoms.